The van der Waals surface area contributed by atoms with Gasteiger partial charge in [0.25, 0.3) is 12.3 Å². The van der Waals surface area contributed by atoms with Crippen molar-refractivity contribution in [3.8, 4) is 0 Å². The van der Waals surface area contributed by atoms with Crippen molar-refractivity contribution >= 4 is 32.1 Å². The van der Waals surface area contributed by atoms with Crippen LogP contribution in [0.15, 0.2) is 0 Å². The fourth-order valence-corrected chi connectivity index (χ4v) is 7.95. The summed E-state index contributed by atoms with van der Waals surface area (Å²) < 4.78 is 48.9. The molecule has 0 aromatic heterocycles. The van der Waals surface area contributed by atoms with E-state index >= 15 is 0 Å². The van der Waals surface area contributed by atoms with E-state index in [-0.39, 0.29) is 6.45 Å². The van der Waals surface area contributed by atoms with Crippen molar-refractivity contribution in [2.75, 3.05) is 0 Å². The van der Waals surface area contributed by atoms with E-state index in [1.54, 1.807) is 13.8 Å². The van der Waals surface area contributed by atoms with Crippen molar-refractivity contribution in [2.45, 2.75) is 52.4 Å². The molecule has 0 N–H and O–H groups in total. The van der Waals surface area contributed by atoms with Gasteiger partial charge >= 0.3 is 0 Å². The van der Waals surface area contributed by atoms with Gasteiger partial charge in [-0.05, 0) is 13.3 Å². The highest BCUT2D eigenvalue weighted by molar-refractivity contribution is 8.44. The predicted molar refractivity (Wildman–Crippen MR) is 72.0 cm³/mol. The van der Waals surface area contributed by atoms with Gasteiger partial charge in [0.2, 0.25) is 0 Å². The molecule has 1 heterocycles. The zero-order valence-electron chi connectivity index (χ0n) is 10.6. The molecule has 1 rings (SSSR count). The second-order valence-electron chi connectivity index (χ2n) is 4.57. The quantitative estimate of drug-likeness (QED) is 0.683. The van der Waals surface area contributed by atoms with Crippen LogP contribution in [0.25, 0.3) is 0 Å². The maximum atomic E-state index is 12.2. The predicted octanol–water partition coefficient (Wildman–Crippen LogP) is 0.400. The standard InChI is InChI=1S/C8H19B2NO4S2/c1-4-6-7-10-9-16(12,13)11(8(3)5-2)17(10,14)15/h8-9H,4-7H2,1-3H3. The van der Waals surface area contributed by atoms with Crippen LogP contribution in [0.3, 0.4) is 0 Å². The average Bonchev–Trinajstić information content (AvgIpc) is 2.40. The van der Waals surface area contributed by atoms with Crippen LogP contribution in [0.1, 0.15) is 40.0 Å². The molecule has 1 saturated heterocycles. The van der Waals surface area contributed by atoms with E-state index in [9.17, 15) is 16.8 Å². The molecule has 0 aromatic carbocycles. The third-order valence-corrected chi connectivity index (χ3v) is 8.53. The molecule has 0 amide bonds. The topological polar surface area (TPSA) is 71.5 Å². The Hall–Kier alpha value is -0.0101. The van der Waals surface area contributed by atoms with Crippen LogP contribution in [0.2, 0.25) is 6.32 Å². The monoisotopic (exact) mass is 279 g/mol. The summed E-state index contributed by atoms with van der Waals surface area (Å²) in [4.78, 5) is 0. The van der Waals surface area contributed by atoms with E-state index in [2.05, 4.69) is 0 Å². The molecule has 5 nitrogen and oxygen atoms in total. The molecule has 1 unspecified atom stereocenters. The van der Waals surface area contributed by atoms with Gasteiger partial charge in [-0.2, -0.15) is 0 Å². The maximum Gasteiger partial charge on any atom is 0.297 e. The van der Waals surface area contributed by atoms with E-state index < -0.39 is 31.7 Å². The molecule has 0 saturated carbocycles. The lowest BCUT2D eigenvalue weighted by Gasteiger charge is -2.22. The van der Waals surface area contributed by atoms with Crippen molar-refractivity contribution in [1.29, 1.82) is 0 Å². The summed E-state index contributed by atoms with van der Waals surface area (Å²) in [6, 6.07) is -0.475. The Labute approximate surface area is 105 Å². The smallest absolute Gasteiger partial charge is 0.225 e. The fourth-order valence-electron chi connectivity index (χ4n) is 2.04. The summed E-state index contributed by atoms with van der Waals surface area (Å²) in [6.07, 6.45) is 2.30. The molecule has 0 radical (unpaired) electrons. The second-order valence-corrected chi connectivity index (χ2v) is 8.78. The van der Waals surface area contributed by atoms with Gasteiger partial charge < -0.3 is 0 Å². The minimum atomic E-state index is -3.67. The molecule has 1 atom stereocenters. The van der Waals surface area contributed by atoms with E-state index in [0.717, 1.165) is 16.6 Å². The molecular formula is C8H19B2NO4S2. The van der Waals surface area contributed by atoms with Crippen molar-refractivity contribution < 1.29 is 16.8 Å². The van der Waals surface area contributed by atoms with Gasteiger partial charge in [0.05, 0.1) is 0 Å². The third-order valence-electron chi connectivity index (χ3n) is 3.17. The minimum Gasteiger partial charge on any atom is -0.225 e. The van der Waals surface area contributed by atoms with Crippen molar-refractivity contribution in [2.24, 2.45) is 0 Å². The first kappa shape index (κ1) is 15.0. The second kappa shape index (κ2) is 5.32. The zero-order valence-corrected chi connectivity index (χ0v) is 12.2. The van der Waals surface area contributed by atoms with Crippen LogP contribution in [-0.2, 0) is 19.7 Å². The van der Waals surface area contributed by atoms with Gasteiger partial charge in [-0.3, -0.25) is 0 Å². The van der Waals surface area contributed by atoms with Gasteiger partial charge in [0, 0.05) is 6.04 Å². The van der Waals surface area contributed by atoms with Crippen molar-refractivity contribution in [3.05, 3.63) is 0 Å². The van der Waals surface area contributed by atoms with Crippen LogP contribution in [0.5, 0.6) is 0 Å². The Bertz CT molecular complexity index is 462. The Morgan fingerprint density at radius 1 is 1.24 bits per heavy atom. The highest BCUT2D eigenvalue weighted by Gasteiger charge is 2.54. The summed E-state index contributed by atoms with van der Waals surface area (Å²) in [7, 11) is -7.31. The van der Waals surface area contributed by atoms with Gasteiger partial charge in [-0.15, -0.1) is 3.71 Å². The van der Waals surface area contributed by atoms with Gasteiger partial charge in [0.1, 0.15) is 0 Å². The number of hydrogen-bond acceptors (Lipinski definition) is 4. The van der Waals surface area contributed by atoms with Crippen molar-refractivity contribution in [1.82, 2.24) is 3.71 Å². The van der Waals surface area contributed by atoms with Crippen LogP contribution >= 0.6 is 0 Å². The largest absolute Gasteiger partial charge is 0.297 e. The van der Waals surface area contributed by atoms with E-state index in [1.165, 1.54) is 0 Å². The Morgan fingerprint density at radius 2 is 1.82 bits per heavy atom. The Morgan fingerprint density at radius 3 is 2.29 bits per heavy atom. The van der Waals surface area contributed by atoms with Crippen molar-refractivity contribution in [3.63, 3.8) is 0 Å². The molecule has 0 aliphatic carbocycles. The first-order chi connectivity index (χ1) is 7.77. The highest BCUT2D eigenvalue weighted by atomic mass is 32.3. The molecule has 0 aromatic rings. The van der Waals surface area contributed by atoms with E-state index in [0.29, 0.717) is 12.7 Å². The first-order valence-corrected chi connectivity index (χ1v) is 9.14. The molecule has 0 bridgehead atoms. The molecule has 1 aliphatic heterocycles. The molecule has 17 heavy (non-hydrogen) atoms. The summed E-state index contributed by atoms with van der Waals surface area (Å²) in [6.45, 7) is 5.38. The molecule has 9 heteroatoms. The third kappa shape index (κ3) is 2.88. The lowest BCUT2D eigenvalue weighted by Crippen LogP contribution is -2.39. The van der Waals surface area contributed by atoms with Gasteiger partial charge in [-0.1, -0.05) is 33.0 Å². The van der Waals surface area contributed by atoms with Crippen LogP contribution in [0.4, 0.5) is 0 Å². The number of unbranched alkanes of at least 4 members (excludes halogenated alkanes) is 1. The lowest BCUT2D eigenvalue weighted by atomic mass is 9.49. The summed E-state index contributed by atoms with van der Waals surface area (Å²) in [5, 5.41) is 0. The summed E-state index contributed by atoms with van der Waals surface area (Å²) >= 11 is 0. The molecular weight excluding hydrogens is 260 g/mol. The summed E-state index contributed by atoms with van der Waals surface area (Å²) in [5.41, 5.74) is 0. The average molecular weight is 279 g/mol. The Balaban J connectivity index is 3.07. The first-order valence-electron chi connectivity index (χ1n) is 6.03. The minimum absolute atomic E-state index is 0.250. The molecule has 98 valence electrons. The zero-order chi connectivity index (χ0) is 13.3. The van der Waals surface area contributed by atoms with Gasteiger partial charge in [-0.25, -0.2) is 16.8 Å². The molecule has 1 aliphatic rings. The van der Waals surface area contributed by atoms with E-state index in [4.69, 9.17) is 0 Å². The number of hydrogen-bond donors (Lipinski definition) is 0. The number of nitrogens with zero attached hydrogens (tertiary/aromatic N) is 1. The SMILES string of the molecule is CCCCB1BS(=O)(=O)N(C(C)CC)S1(=O)=O. The maximum absolute atomic E-state index is 12.2. The van der Waals surface area contributed by atoms with E-state index in [1.807, 2.05) is 6.92 Å². The highest BCUT2D eigenvalue weighted by Crippen LogP contribution is 2.27. The molecule has 1 fully saturated rings. The fraction of sp³-hybridized carbons (Fsp3) is 1.00. The normalized spacial score (nSPS) is 24.5. The molecule has 0 spiro atoms. The van der Waals surface area contributed by atoms with Crippen LogP contribution in [-0.4, -0.2) is 38.9 Å². The Kier molecular flexibility index (Phi) is 4.71. The lowest BCUT2D eigenvalue weighted by molar-refractivity contribution is 0.448. The summed E-state index contributed by atoms with van der Waals surface area (Å²) in [5.74, 6) is -0.749. The van der Waals surface area contributed by atoms with Crippen LogP contribution < -0.4 is 0 Å². The van der Waals surface area contributed by atoms with Gasteiger partial charge in [0.15, 0.2) is 19.7 Å². The van der Waals surface area contributed by atoms with Crippen LogP contribution in [0, 0.1) is 0 Å². The number of rotatable bonds is 5.